The van der Waals surface area contributed by atoms with Crippen LogP contribution in [-0.4, -0.2) is 29.6 Å². The summed E-state index contributed by atoms with van der Waals surface area (Å²) < 4.78 is 0. The first kappa shape index (κ1) is 15.4. The number of carbonyl (C=O) groups is 1. The second-order valence-electron chi connectivity index (χ2n) is 4.60. The van der Waals surface area contributed by atoms with Crippen LogP contribution in [0.2, 0.25) is 0 Å². The molecule has 0 saturated heterocycles. The molecule has 1 unspecified atom stereocenters. The molecule has 0 fully saturated rings. The smallest absolute Gasteiger partial charge is 0.315 e. The van der Waals surface area contributed by atoms with Crippen LogP contribution in [0.25, 0.3) is 0 Å². The molecule has 1 N–H and O–H groups in total. The van der Waals surface area contributed by atoms with E-state index >= 15 is 0 Å². The van der Waals surface area contributed by atoms with Gasteiger partial charge in [0, 0.05) is 12.7 Å². The van der Waals surface area contributed by atoms with E-state index in [-0.39, 0.29) is 11.4 Å². The van der Waals surface area contributed by atoms with Gasteiger partial charge in [0.25, 0.3) is 0 Å². The van der Waals surface area contributed by atoms with Crippen molar-refractivity contribution in [1.29, 1.82) is 5.26 Å². The molecule has 0 aliphatic heterocycles. The molecule has 1 atom stereocenters. The summed E-state index contributed by atoms with van der Waals surface area (Å²) in [5.74, 6) is 0.371. The van der Waals surface area contributed by atoms with E-state index in [4.69, 9.17) is 5.26 Å². The number of nitrogens with zero attached hydrogens (tertiary/aromatic N) is 2. The normalized spacial score (nSPS) is 11.8. The van der Waals surface area contributed by atoms with Gasteiger partial charge in [0.05, 0.1) is 17.0 Å². The van der Waals surface area contributed by atoms with E-state index in [1.807, 2.05) is 6.26 Å². The van der Waals surface area contributed by atoms with Crippen molar-refractivity contribution >= 4 is 23.5 Å². The molecule has 4 nitrogen and oxygen atoms in total. The lowest BCUT2D eigenvalue weighted by molar-refractivity contribution is 0.211. The Bertz CT molecular complexity index is 482. The van der Waals surface area contributed by atoms with Crippen molar-refractivity contribution in [3.8, 4) is 6.07 Å². The van der Waals surface area contributed by atoms with E-state index < -0.39 is 0 Å². The number of nitrogens with one attached hydrogen (secondary N) is 1. The molecule has 0 radical (unpaired) electrons. The Hall–Kier alpha value is -1.67. The topological polar surface area (TPSA) is 56.1 Å². The molecule has 0 aliphatic rings. The van der Waals surface area contributed by atoms with E-state index in [9.17, 15) is 4.79 Å². The van der Waals surface area contributed by atoms with Crippen molar-refractivity contribution in [2.24, 2.45) is 5.92 Å². The minimum absolute atomic E-state index is 0.124. The van der Waals surface area contributed by atoms with Gasteiger partial charge in [-0.1, -0.05) is 19.9 Å². The van der Waals surface area contributed by atoms with Gasteiger partial charge in [-0.15, -0.1) is 11.8 Å². The third kappa shape index (κ3) is 4.18. The SMILES string of the molecule is CSC(C(C)C)N(C)C(=O)Nc1cccc(C#N)c1. The fourth-order valence-electron chi connectivity index (χ4n) is 1.87. The van der Waals surface area contributed by atoms with Crippen LogP contribution in [0.5, 0.6) is 0 Å². The van der Waals surface area contributed by atoms with Crippen LogP contribution in [-0.2, 0) is 0 Å². The van der Waals surface area contributed by atoms with Crippen LogP contribution >= 0.6 is 11.8 Å². The number of nitriles is 1. The highest BCUT2D eigenvalue weighted by atomic mass is 32.2. The third-order valence-electron chi connectivity index (χ3n) is 2.76. The standard InChI is InChI=1S/C14H19N3OS/c1-10(2)13(19-4)17(3)14(18)16-12-7-5-6-11(8-12)9-15/h5-8,10,13H,1-4H3,(H,16,18). The summed E-state index contributed by atoms with van der Waals surface area (Å²) in [5.41, 5.74) is 1.17. The van der Waals surface area contributed by atoms with Gasteiger partial charge in [-0.3, -0.25) is 0 Å². The largest absolute Gasteiger partial charge is 0.322 e. The van der Waals surface area contributed by atoms with Crippen LogP contribution < -0.4 is 5.32 Å². The van der Waals surface area contributed by atoms with Gasteiger partial charge in [-0.2, -0.15) is 5.26 Å². The fourth-order valence-corrected chi connectivity index (χ4v) is 2.83. The lowest BCUT2D eigenvalue weighted by Gasteiger charge is -2.29. The summed E-state index contributed by atoms with van der Waals surface area (Å²) in [6.45, 7) is 4.17. The van der Waals surface area contributed by atoms with Gasteiger partial charge in [0.15, 0.2) is 0 Å². The van der Waals surface area contributed by atoms with Crippen LogP contribution in [0.4, 0.5) is 10.5 Å². The first-order valence-electron chi connectivity index (χ1n) is 6.06. The van der Waals surface area contributed by atoms with E-state index in [2.05, 4.69) is 25.2 Å². The maximum absolute atomic E-state index is 12.1. The molecule has 102 valence electrons. The zero-order valence-electron chi connectivity index (χ0n) is 11.7. The van der Waals surface area contributed by atoms with Crippen LogP contribution in [0.1, 0.15) is 19.4 Å². The Balaban J connectivity index is 2.76. The summed E-state index contributed by atoms with van der Waals surface area (Å²) in [5, 5.41) is 11.8. The molecule has 5 heteroatoms. The van der Waals surface area contributed by atoms with E-state index in [1.54, 1.807) is 48.0 Å². The summed E-state index contributed by atoms with van der Waals surface area (Å²) in [4.78, 5) is 13.8. The second-order valence-corrected chi connectivity index (χ2v) is 5.56. The lowest BCUT2D eigenvalue weighted by Crippen LogP contribution is -2.40. The second kappa shape index (κ2) is 7.05. The predicted octanol–water partition coefficient (Wildman–Crippen LogP) is 3.37. The van der Waals surface area contributed by atoms with Gasteiger partial charge in [-0.05, 0) is 30.4 Å². The fraction of sp³-hybridized carbons (Fsp3) is 0.429. The highest BCUT2D eigenvalue weighted by Gasteiger charge is 2.21. The average molecular weight is 277 g/mol. The van der Waals surface area contributed by atoms with Crippen molar-refractivity contribution in [3.63, 3.8) is 0 Å². The Kier molecular flexibility index (Phi) is 5.71. The molecular weight excluding hydrogens is 258 g/mol. The number of anilines is 1. The zero-order chi connectivity index (χ0) is 14.4. The number of hydrogen-bond donors (Lipinski definition) is 1. The summed E-state index contributed by atoms with van der Waals surface area (Å²) in [6.07, 6.45) is 1.99. The molecule has 0 spiro atoms. The van der Waals surface area contributed by atoms with Gasteiger partial charge in [-0.25, -0.2) is 4.79 Å². The Labute approximate surface area is 118 Å². The van der Waals surface area contributed by atoms with Crippen LogP contribution in [0, 0.1) is 17.2 Å². The molecule has 0 aromatic heterocycles. The van der Waals surface area contributed by atoms with E-state index in [0.717, 1.165) is 0 Å². The van der Waals surface area contributed by atoms with Gasteiger partial charge in [0.2, 0.25) is 0 Å². The maximum atomic E-state index is 12.1. The molecule has 1 aromatic carbocycles. The summed E-state index contributed by atoms with van der Waals surface area (Å²) in [7, 11) is 1.78. The molecule has 0 aliphatic carbocycles. The van der Waals surface area contributed by atoms with Crippen molar-refractivity contribution < 1.29 is 4.79 Å². The lowest BCUT2D eigenvalue weighted by atomic mass is 10.2. The Morgan fingerprint density at radius 1 is 1.47 bits per heavy atom. The van der Waals surface area contributed by atoms with E-state index in [0.29, 0.717) is 17.2 Å². The first-order valence-corrected chi connectivity index (χ1v) is 7.35. The monoisotopic (exact) mass is 277 g/mol. The zero-order valence-corrected chi connectivity index (χ0v) is 12.5. The van der Waals surface area contributed by atoms with Crippen LogP contribution in [0.3, 0.4) is 0 Å². The van der Waals surface area contributed by atoms with Crippen molar-refractivity contribution in [2.75, 3.05) is 18.6 Å². The Morgan fingerprint density at radius 3 is 2.68 bits per heavy atom. The number of rotatable bonds is 4. The highest BCUT2D eigenvalue weighted by molar-refractivity contribution is 7.99. The number of thioether (sulfide) groups is 1. The average Bonchev–Trinajstić information content (AvgIpc) is 2.39. The Morgan fingerprint density at radius 2 is 2.16 bits per heavy atom. The quantitative estimate of drug-likeness (QED) is 0.858. The van der Waals surface area contributed by atoms with Crippen molar-refractivity contribution in [2.45, 2.75) is 19.2 Å². The minimum atomic E-state index is -0.164. The van der Waals surface area contributed by atoms with Gasteiger partial charge in [0.1, 0.15) is 0 Å². The predicted molar refractivity (Wildman–Crippen MR) is 80.1 cm³/mol. The highest BCUT2D eigenvalue weighted by Crippen LogP contribution is 2.21. The number of amides is 2. The van der Waals surface area contributed by atoms with Crippen molar-refractivity contribution in [3.05, 3.63) is 29.8 Å². The number of hydrogen-bond acceptors (Lipinski definition) is 3. The van der Waals surface area contributed by atoms with Crippen LogP contribution in [0.15, 0.2) is 24.3 Å². The molecule has 1 rings (SSSR count). The number of urea groups is 1. The first-order chi connectivity index (χ1) is 8.99. The number of benzene rings is 1. The van der Waals surface area contributed by atoms with Gasteiger partial charge < -0.3 is 10.2 Å². The van der Waals surface area contributed by atoms with E-state index in [1.165, 1.54) is 0 Å². The molecule has 19 heavy (non-hydrogen) atoms. The molecule has 0 heterocycles. The maximum Gasteiger partial charge on any atom is 0.322 e. The summed E-state index contributed by atoms with van der Waals surface area (Å²) >= 11 is 1.65. The van der Waals surface area contributed by atoms with Crippen molar-refractivity contribution in [1.82, 2.24) is 4.90 Å². The number of carbonyl (C=O) groups excluding carboxylic acids is 1. The minimum Gasteiger partial charge on any atom is -0.315 e. The third-order valence-corrected chi connectivity index (χ3v) is 4.10. The van der Waals surface area contributed by atoms with Gasteiger partial charge >= 0.3 is 6.03 Å². The molecule has 1 aromatic rings. The molecule has 0 bridgehead atoms. The molecular formula is C14H19N3OS. The molecule has 0 saturated carbocycles. The summed E-state index contributed by atoms with van der Waals surface area (Å²) in [6, 6.07) is 8.78. The molecule has 2 amide bonds.